The molecule has 3 N–H and O–H groups in total. The molecule has 0 aliphatic carbocycles. The highest BCUT2D eigenvalue weighted by molar-refractivity contribution is 9.10. The van der Waals surface area contributed by atoms with Crippen LogP contribution in [0.4, 0.5) is 0 Å². The fourth-order valence-corrected chi connectivity index (χ4v) is 2.39. The van der Waals surface area contributed by atoms with E-state index in [9.17, 15) is 0 Å². The van der Waals surface area contributed by atoms with Gasteiger partial charge < -0.3 is 13.9 Å². The molecule has 0 spiro atoms. The molecule has 6 heteroatoms. The van der Waals surface area contributed by atoms with Gasteiger partial charge in [-0.1, -0.05) is 12.1 Å². The van der Waals surface area contributed by atoms with Gasteiger partial charge in [-0.25, -0.2) is 5.43 Å². The maximum absolute atomic E-state index is 5.65. The maximum Gasteiger partial charge on any atom is 0.165 e. The SMILES string of the molecule is COc1cccc(C(NN)c2occc2Br)c1OC. The fourth-order valence-electron chi connectivity index (χ4n) is 1.96. The number of furan rings is 1. The van der Waals surface area contributed by atoms with E-state index in [0.29, 0.717) is 17.3 Å². The van der Waals surface area contributed by atoms with Gasteiger partial charge >= 0.3 is 0 Å². The van der Waals surface area contributed by atoms with Crippen molar-refractivity contribution in [3.05, 3.63) is 46.3 Å². The van der Waals surface area contributed by atoms with Crippen LogP contribution in [0.1, 0.15) is 17.4 Å². The number of hydrogen-bond acceptors (Lipinski definition) is 5. The third-order valence-corrected chi connectivity index (χ3v) is 3.47. The molecule has 0 radical (unpaired) electrons. The number of methoxy groups -OCH3 is 2. The van der Waals surface area contributed by atoms with Gasteiger partial charge in [-0.05, 0) is 28.1 Å². The van der Waals surface area contributed by atoms with Crippen LogP contribution in [0.25, 0.3) is 0 Å². The first-order valence-electron chi connectivity index (χ1n) is 5.62. The summed E-state index contributed by atoms with van der Waals surface area (Å²) in [7, 11) is 3.18. The van der Waals surface area contributed by atoms with E-state index in [4.69, 9.17) is 19.7 Å². The molecule has 0 aliphatic heterocycles. The number of benzene rings is 1. The molecule has 2 aromatic rings. The molecule has 0 aliphatic rings. The number of hydrazine groups is 1. The first-order chi connectivity index (χ1) is 9.22. The molecule has 0 fully saturated rings. The molecule has 1 aromatic heterocycles. The van der Waals surface area contributed by atoms with Gasteiger partial charge in [0, 0.05) is 5.56 Å². The third kappa shape index (κ3) is 2.60. The van der Waals surface area contributed by atoms with Gasteiger partial charge in [0.05, 0.1) is 25.0 Å². The molecule has 2 rings (SSSR count). The minimum Gasteiger partial charge on any atom is -0.493 e. The fraction of sp³-hybridized carbons (Fsp3) is 0.231. The van der Waals surface area contributed by atoms with Gasteiger partial charge in [0.25, 0.3) is 0 Å². The van der Waals surface area contributed by atoms with E-state index in [1.807, 2.05) is 24.3 Å². The van der Waals surface area contributed by atoms with Crippen molar-refractivity contribution < 1.29 is 13.9 Å². The second-order valence-corrected chi connectivity index (χ2v) is 4.67. The monoisotopic (exact) mass is 326 g/mol. The van der Waals surface area contributed by atoms with Crippen LogP contribution >= 0.6 is 15.9 Å². The van der Waals surface area contributed by atoms with Gasteiger partial charge in [0.2, 0.25) is 0 Å². The van der Waals surface area contributed by atoms with E-state index < -0.39 is 0 Å². The lowest BCUT2D eigenvalue weighted by atomic mass is 10.0. The molecule has 1 heterocycles. The van der Waals surface area contributed by atoms with Crippen molar-refractivity contribution in [2.45, 2.75) is 6.04 Å². The lowest BCUT2D eigenvalue weighted by Gasteiger charge is -2.19. The Labute approximate surface area is 119 Å². The molecule has 5 nitrogen and oxygen atoms in total. The van der Waals surface area contributed by atoms with Crippen molar-refractivity contribution in [3.8, 4) is 11.5 Å². The Kier molecular flexibility index (Phi) is 4.47. The van der Waals surface area contributed by atoms with Crippen LogP contribution in [0, 0.1) is 0 Å². The normalized spacial score (nSPS) is 12.2. The summed E-state index contributed by atoms with van der Waals surface area (Å²) >= 11 is 3.43. The molecule has 0 amide bonds. The molecule has 102 valence electrons. The molecular formula is C13H15BrN2O3. The summed E-state index contributed by atoms with van der Waals surface area (Å²) in [5.74, 6) is 7.59. The summed E-state index contributed by atoms with van der Waals surface area (Å²) in [6.45, 7) is 0. The Morgan fingerprint density at radius 2 is 2.05 bits per heavy atom. The van der Waals surface area contributed by atoms with Crippen molar-refractivity contribution in [1.29, 1.82) is 0 Å². The summed E-state index contributed by atoms with van der Waals surface area (Å²) in [5.41, 5.74) is 3.56. The quantitative estimate of drug-likeness (QED) is 0.653. The van der Waals surface area contributed by atoms with Crippen molar-refractivity contribution >= 4 is 15.9 Å². The predicted molar refractivity (Wildman–Crippen MR) is 75.1 cm³/mol. The Hall–Kier alpha value is -1.50. The van der Waals surface area contributed by atoms with Gasteiger partial charge in [-0.3, -0.25) is 5.84 Å². The number of hydrogen-bond donors (Lipinski definition) is 2. The second-order valence-electron chi connectivity index (χ2n) is 3.82. The number of para-hydroxylation sites is 1. The minimum atomic E-state index is -0.338. The highest BCUT2D eigenvalue weighted by Crippen LogP contribution is 2.38. The van der Waals surface area contributed by atoms with Crippen LogP contribution in [0.15, 0.2) is 39.4 Å². The van der Waals surface area contributed by atoms with Crippen LogP contribution in [0.3, 0.4) is 0 Å². The average Bonchev–Trinajstić information content (AvgIpc) is 2.85. The van der Waals surface area contributed by atoms with E-state index >= 15 is 0 Å². The number of halogens is 1. The summed E-state index contributed by atoms with van der Waals surface area (Å²) in [4.78, 5) is 0. The van der Waals surface area contributed by atoms with E-state index in [1.165, 1.54) is 0 Å². The number of nitrogens with one attached hydrogen (secondary N) is 1. The molecule has 19 heavy (non-hydrogen) atoms. The van der Waals surface area contributed by atoms with Crippen molar-refractivity contribution in [2.75, 3.05) is 14.2 Å². The number of rotatable bonds is 5. The zero-order chi connectivity index (χ0) is 13.8. The summed E-state index contributed by atoms with van der Waals surface area (Å²) in [5, 5.41) is 0. The Morgan fingerprint density at radius 3 is 2.58 bits per heavy atom. The zero-order valence-corrected chi connectivity index (χ0v) is 12.2. The lowest BCUT2D eigenvalue weighted by molar-refractivity contribution is 0.345. The second kappa shape index (κ2) is 6.10. The zero-order valence-electron chi connectivity index (χ0n) is 10.6. The van der Waals surface area contributed by atoms with Gasteiger partial charge in [0.15, 0.2) is 11.5 Å². The lowest BCUT2D eigenvalue weighted by Crippen LogP contribution is -2.29. The Bertz CT molecular complexity index is 557. The topological polar surface area (TPSA) is 69.7 Å². The van der Waals surface area contributed by atoms with Crippen LogP contribution in [-0.4, -0.2) is 14.2 Å². The molecule has 1 atom stereocenters. The largest absolute Gasteiger partial charge is 0.493 e. The minimum absolute atomic E-state index is 0.338. The van der Waals surface area contributed by atoms with Gasteiger partial charge in [-0.2, -0.15) is 0 Å². The molecule has 1 unspecified atom stereocenters. The van der Waals surface area contributed by atoms with Crippen molar-refractivity contribution in [1.82, 2.24) is 5.43 Å². The first kappa shape index (κ1) is 13.9. The smallest absolute Gasteiger partial charge is 0.165 e. The molecule has 0 saturated carbocycles. The van der Waals surface area contributed by atoms with E-state index in [-0.39, 0.29) is 6.04 Å². The average molecular weight is 327 g/mol. The number of ether oxygens (including phenoxy) is 2. The Morgan fingerprint density at radius 1 is 1.26 bits per heavy atom. The van der Waals surface area contributed by atoms with Crippen molar-refractivity contribution in [2.24, 2.45) is 5.84 Å². The van der Waals surface area contributed by atoms with Crippen LogP contribution in [0.2, 0.25) is 0 Å². The van der Waals surface area contributed by atoms with E-state index in [1.54, 1.807) is 20.5 Å². The number of nitrogens with two attached hydrogens (primary N) is 1. The van der Waals surface area contributed by atoms with Crippen LogP contribution in [0.5, 0.6) is 11.5 Å². The molecular weight excluding hydrogens is 312 g/mol. The highest BCUT2D eigenvalue weighted by atomic mass is 79.9. The Balaban J connectivity index is 2.53. The van der Waals surface area contributed by atoms with E-state index in [0.717, 1.165) is 10.0 Å². The molecule has 1 aromatic carbocycles. The summed E-state index contributed by atoms with van der Waals surface area (Å²) < 4.78 is 17.0. The highest BCUT2D eigenvalue weighted by Gasteiger charge is 2.24. The maximum atomic E-state index is 5.65. The summed E-state index contributed by atoms with van der Waals surface area (Å²) in [6.07, 6.45) is 1.59. The van der Waals surface area contributed by atoms with Crippen LogP contribution < -0.4 is 20.7 Å². The molecule has 0 bridgehead atoms. The van der Waals surface area contributed by atoms with E-state index in [2.05, 4.69) is 21.4 Å². The molecule has 0 saturated heterocycles. The van der Waals surface area contributed by atoms with Crippen molar-refractivity contribution in [3.63, 3.8) is 0 Å². The van der Waals surface area contributed by atoms with Gasteiger partial charge in [0.1, 0.15) is 11.8 Å². The first-order valence-corrected chi connectivity index (χ1v) is 6.42. The van der Waals surface area contributed by atoms with Gasteiger partial charge in [-0.15, -0.1) is 0 Å². The third-order valence-electron chi connectivity index (χ3n) is 2.82. The predicted octanol–water partition coefficient (Wildman–Crippen LogP) is 2.61. The van der Waals surface area contributed by atoms with Crippen LogP contribution in [-0.2, 0) is 0 Å². The summed E-state index contributed by atoms with van der Waals surface area (Å²) in [6, 6.07) is 7.08. The standard InChI is InChI=1S/C13H15BrN2O3/c1-17-10-5-3-4-8(12(10)18-2)11(16-15)13-9(14)6-7-19-13/h3-7,11,16H,15H2,1-2H3.